The summed E-state index contributed by atoms with van der Waals surface area (Å²) in [5.41, 5.74) is 7.12. The maximum atomic E-state index is 13.5. The Morgan fingerprint density at radius 2 is 1.75 bits per heavy atom. The van der Waals surface area contributed by atoms with Gasteiger partial charge in [-0.15, -0.1) is 0 Å². The van der Waals surface area contributed by atoms with Gasteiger partial charge >= 0.3 is 5.97 Å². The predicted octanol–water partition coefficient (Wildman–Crippen LogP) is 3.72. The fraction of sp³-hybridized carbons (Fsp3) is 0.370. The highest BCUT2D eigenvalue weighted by Crippen LogP contribution is 2.34. The van der Waals surface area contributed by atoms with Crippen molar-refractivity contribution in [2.45, 2.75) is 43.4 Å². The molecule has 192 valence electrons. The third-order valence-corrected chi connectivity index (χ3v) is 8.44. The van der Waals surface area contributed by atoms with Gasteiger partial charge in [-0.1, -0.05) is 49.4 Å². The van der Waals surface area contributed by atoms with E-state index in [-0.39, 0.29) is 23.8 Å². The van der Waals surface area contributed by atoms with E-state index < -0.39 is 28.3 Å². The number of hydrogen-bond acceptors (Lipinski definition) is 7. The molecule has 1 aliphatic rings. The van der Waals surface area contributed by atoms with Gasteiger partial charge in [-0.25, -0.2) is 8.42 Å². The van der Waals surface area contributed by atoms with Crippen molar-refractivity contribution in [2.24, 2.45) is 11.7 Å². The number of esters is 1. The van der Waals surface area contributed by atoms with Gasteiger partial charge < -0.3 is 19.9 Å². The van der Waals surface area contributed by atoms with Crippen LogP contribution in [0.1, 0.15) is 25.3 Å². The minimum atomic E-state index is -3.97. The number of nitrogens with zero attached hydrogens (tertiary/aromatic N) is 1. The van der Waals surface area contributed by atoms with Gasteiger partial charge in [0, 0.05) is 19.0 Å². The van der Waals surface area contributed by atoms with Crippen molar-refractivity contribution < 1.29 is 27.4 Å². The smallest absolute Gasteiger partial charge is 0.324 e. The highest BCUT2D eigenvalue weighted by Gasteiger charge is 2.39. The average molecular weight is 513 g/mol. The number of methoxy groups -OCH3 is 2. The van der Waals surface area contributed by atoms with Crippen LogP contribution in [0.2, 0.25) is 0 Å². The van der Waals surface area contributed by atoms with Crippen molar-refractivity contribution >= 4 is 26.8 Å². The van der Waals surface area contributed by atoms with E-state index in [1.807, 2.05) is 49.4 Å². The van der Waals surface area contributed by atoms with Crippen LogP contribution in [-0.4, -0.2) is 51.7 Å². The third kappa shape index (κ3) is 5.48. The summed E-state index contributed by atoms with van der Waals surface area (Å²) in [6, 6.07) is 17.4. The summed E-state index contributed by atoms with van der Waals surface area (Å²) < 4.78 is 44.6. The van der Waals surface area contributed by atoms with Crippen LogP contribution in [0.25, 0.3) is 10.8 Å². The second-order valence-corrected chi connectivity index (χ2v) is 11.0. The molecule has 9 heteroatoms. The fourth-order valence-corrected chi connectivity index (χ4v) is 6.04. The topological polar surface area (TPSA) is 108 Å². The standard InChI is InChI=1S/C27H32N2O6S/c1-18-12-13-29(36(31,32)22-10-11-24(33-2)25(17-22)34-3)26(14-18)35-27(30)23(28)16-19-8-9-20-6-4-5-7-21(20)15-19/h4-11,15,17-18,23,26H,12-14,16,28H2,1-3H3/t18?,23-,26?/m0/s1. The Labute approximate surface area is 212 Å². The molecular formula is C27H32N2O6S. The zero-order chi connectivity index (χ0) is 25.9. The monoisotopic (exact) mass is 512 g/mol. The lowest BCUT2D eigenvalue weighted by Crippen LogP contribution is -2.49. The second kappa shape index (κ2) is 10.9. The molecule has 1 saturated heterocycles. The van der Waals surface area contributed by atoms with Crippen LogP contribution in [0.3, 0.4) is 0 Å². The molecule has 0 spiro atoms. The second-order valence-electron chi connectivity index (χ2n) is 9.15. The molecular weight excluding hydrogens is 480 g/mol. The number of hydrogen-bond donors (Lipinski definition) is 1. The van der Waals surface area contributed by atoms with E-state index in [1.54, 1.807) is 6.07 Å². The molecule has 8 nitrogen and oxygen atoms in total. The van der Waals surface area contributed by atoms with E-state index in [4.69, 9.17) is 19.9 Å². The number of ether oxygens (including phenoxy) is 3. The van der Waals surface area contributed by atoms with E-state index >= 15 is 0 Å². The average Bonchev–Trinajstić information content (AvgIpc) is 2.88. The van der Waals surface area contributed by atoms with Crippen molar-refractivity contribution in [1.82, 2.24) is 4.31 Å². The normalized spacial score (nSPS) is 19.6. The largest absolute Gasteiger partial charge is 0.493 e. The molecule has 2 N–H and O–H groups in total. The van der Waals surface area contributed by atoms with Crippen molar-refractivity contribution in [3.8, 4) is 11.5 Å². The molecule has 1 fully saturated rings. The Hall–Kier alpha value is -3.14. The predicted molar refractivity (Wildman–Crippen MR) is 137 cm³/mol. The van der Waals surface area contributed by atoms with Crippen molar-refractivity contribution in [3.63, 3.8) is 0 Å². The molecule has 3 atom stereocenters. The minimum absolute atomic E-state index is 0.0382. The molecule has 0 aliphatic carbocycles. The highest BCUT2D eigenvalue weighted by atomic mass is 32.2. The molecule has 0 radical (unpaired) electrons. The van der Waals surface area contributed by atoms with Crippen LogP contribution in [0.15, 0.2) is 65.6 Å². The highest BCUT2D eigenvalue weighted by molar-refractivity contribution is 7.89. The molecule has 0 bridgehead atoms. The lowest BCUT2D eigenvalue weighted by Gasteiger charge is -2.37. The molecule has 1 aliphatic heterocycles. The summed E-state index contributed by atoms with van der Waals surface area (Å²) in [5, 5.41) is 2.16. The molecule has 4 rings (SSSR count). The number of rotatable bonds is 8. The maximum absolute atomic E-state index is 13.5. The summed E-state index contributed by atoms with van der Waals surface area (Å²) in [5.74, 6) is 0.285. The first-order valence-corrected chi connectivity index (χ1v) is 13.3. The molecule has 36 heavy (non-hydrogen) atoms. The van der Waals surface area contributed by atoms with E-state index in [1.165, 1.54) is 30.7 Å². The fourth-order valence-electron chi connectivity index (χ4n) is 4.49. The number of benzene rings is 3. The summed E-state index contributed by atoms with van der Waals surface area (Å²) in [6.07, 6.45) is 0.390. The summed E-state index contributed by atoms with van der Waals surface area (Å²) >= 11 is 0. The summed E-state index contributed by atoms with van der Waals surface area (Å²) in [4.78, 5) is 13.0. The first-order valence-electron chi connectivity index (χ1n) is 11.9. The van der Waals surface area contributed by atoms with Gasteiger partial charge in [0.25, 0.3) is 0 Å². The summed E-state index contributed by atoms with van der Waals surface area (Å²) in [7, 11) is -1.04. The van der Waals surface area contributed by atoms with Crippen molar-refractivity contribution in [2.75, 3.05) is 20.8 Å². The van der Waals surface area contributed by atoms with Gasteiger partial charge in [0.2, 0.25) is 10.0 Å². The van der Waals surface area contributed by atoms with E-state index in [0.29, 0.717) is 24.3 Å². The Kier molecular flexibility index (Phi) is 7.82. The van der Waals surface area contributed by atoms with Gasteiger partial charge in [0.15, 0.2) is 17.7 Å². The molecule has 3 aromatic rings. The molecule has 2 unspecified atom stereocenters. The minimum Gasteiger partial charge on any atom is -0.493 e. The molecule has 3 aromatic carbocycles. The zero-order valence-corrected chi connectivity index (χ0v) is 21.5. The molecule has 0 aromatic heterocycles. The van der Waals surface area contributed by atoms with Gasteiger partial charge in [-0.2, -0.15) is 4.31 Å². The Morgan fingerprint density at radius 3 is 2.47 bits per heavy atom. The van der Waals surface area contributed by atoms with Crippen LogP contribution in [0, 0.1) is 5.92 Å². The number of sulfonamides is 1. The quantitative estimate of drug-likeness (QED) is 0.458. The lowest BCUT2D eigenvalue weighted by atomic mass is 9.99. The number of carbonyl (C=O) groups excluding carboxylic acids is 1. The van der Waals surface area contributed by atoms with Gasteiger partial charge in [-0.3, -0.25) is 4.79 Å². The zero-order valence-electron chi connectivity index (χ0n) is 20.7. The van der Waals surface area contributed by atoms with Crippen LogP contribution in [0.4, 0.5) is 0 Å². The van der Waals surface area contributed by atoms with Crippen molar-refractivity contribution in [1.29, 1.82) is 0 Å². The maximum Gasteiger partial charge on any atom is 0.324 e. The Morgan fingerprint density at radius 1 is 1.03 bits per heavy atom. The van der Waals surface area contributed by atoms with E-state index in [2.05, 4.69) is 0 Å². The first kappa shape index (κ1) is 25.9. The number of carbonyl (C=O) groups is 1. The Bertz CT molecular complexity index is 1340. The molecule has 0 saturated carbocycles. The summed E-state index contributed by atoms with van der Waals surface area (Å²) in [6.45, 7) is 2.24. The Balaban J connectivity index is 1.52. The van der Waals surface area contributed by atoms with Crippen LogP contribution in [0.5, 0.6) is 11.5 Å². The van der Waals surface area contributed by atoms with Crippen LogP contribution >= 0.6 is 0 Å². The SMILES string of the molecule is COc1ccc(S(=O)(=O)N2CCC(C)CC2OC(=O)[C@@H](N)Cc2ccc3ccccc3c2)cc1OC. The number of piperidine rings is 1. The van der Waals surface area contributed by atoms with E-state index in [9.17, 15) is 13.2 Å². The third-order valence-electron chi connectivity index (χ3n) is 6.55. The van der Waals surface area contributed by atoms with E-state index in [0.717, 1.165) is 16.3 Å². The van der Waals surface area contributed by atoms with Gasteiger partial charge in [0.1, 0.15) is 6.04 Å². The number of nitrogens with two attached hydrogens (primary N) is 1. The lowest BCUT2D eigenvalue weighted by molar-refractivity contribution is -0.159. The van der Waals surface area contributed by atoms with Gasteiger partial charge in [0.05, 0.1) is 19.1 Å². The molecule has 0 amide bonds. The van der Waals surface area contributed by atoms with Crippen LogP contribution in [-0.2, 0) is 26.0 Å². The van der Waals surface area contributed by atoms with Gasteiger partial charge in [-0.05, 0) is 47.2 Å². The van der Waals surface area contributed by atoms with Crippen molar-refractivity contribution in [3.05, 3.63) is 66.2 Å². The first-order chi connectivity index (χ1) is 17.2. The molecule has 1 heterocycles. The van der Waals surface area contributed by atoms with Crippen LogP contribution < -0.4 is 15.2 Å². The number of fused-ring (bicyclic) bond motifs is 1.